The highest BCUT2D eigenvalue weighted by atomic mass is 19.2. The second-order valence-electron chi connectivity index (χ2n) is 9.19. The van der Waals surface area contributed by atoms with E-state index in [0.717, 1.165) is 37.4 Å². The summed E-state index contributed by atoms with van der Waals surface area (Å²) < 4.78 is 35.3. The lowest BCUT2D eigenvalue weighted by Crippen LogP contribution is -2.15. The summed E-state index contributed by atoms with van der Waals surface area (Å²) in [5, 5.41) is 0. The largest absolute Gasteiger partial charge is 0.494 e. The zero-order chi connectivity index (χ0) is 22.1. The van der Waals surface area contributed by atoms with Crippen LogP contribution >= 0.6 is 0 Å². The summed E-state index contributed by atoms with van der Waals surface area (Å²) in [4.78, 5) is 0. The van der Waals surface area contributed by atoms with Gasteiger partial charge < -0.3 is 4.74 Å². The Balaban J connectivity index is 1.56. The van der Waals surface area contributed by atoms with Crippen molar-refractivity contribution in [3.05, 3.63) is 53.6 Å². The van der Waals surface area contributed by atoms with E-state index in [1.165, 1.54) is 38.5 Å². The summed E-state index contributed by atoms with van der Waals surface area (Å²) in [7, 11) is 0. The Morgan fingerprint density at radius 1 is 0.774 bits per heavy atom. The predicted octanol–water partition coefficient (Wildman–Crippen LogP) is 8.74. The van der Waals surface area contributed by atoms with Crippen molar-refractivity contribution in [3.63, 3.8) is 0 Å². The maximum atomic E-state index is 14.8. The van der Waals surface area contributed by atoms with E-state index in [1.807, 2.05) is 12.1 Å². The molecule has 3 rings (SSSR count). The Bertz CT molecular complexity index is 791. The van der Waals surface area contributed by atoms with Gasteiger partial charge in [-0.3, -0.25) is 0 Å². The third-order valence-corrected chi connectivity index (χ3v) is 6.83. The van der Waals surface area contributed by atoms with Crippen LogP contribution in [0.25, 0.3) is 11.1 Å². The lowest BCUT2D eigenvalue weighted by molar-refractivity contribution is 0.251. The highest BCUT2D eigenvalue weighted by molar-refractivity contribution is 5.65. The summed E-state index contributed by atoms with van der Waals surface area (Å²) in [5.74, 6) is 0.881. The van der Waals surface area contributed by atoms with Crippen molar-refractivity contribution in [1.29, 1.82) is 0 Å². The van der Waals surface area contributed by atoms with Crippen LogP contribution in [0.1, 0.15) is 83.6 Å². The molecule has 1 aliphatic carbocycles. The summed E-state index contributed by atoms with van der Waals surface area (Å²) in [6, 6.07) is 10.8. The van der Waals surface area contributed by atoms with E-state index in [0.29, 0.717) is 35.6 Å². The fourth-order valence-corrected chi connectivity index (χ4v) is 4.85. The third kappa shape index (κ3) is 6.79. The zero-order valence-electron chi connectivity index (χ0n) is 19.3. The lowest BCUT2D eigenvalue weighted by atomic mass is 9.78. The first-order valence-electron chi connectivity index (χ1n) is 12.3. The topological polar surface area (TPSA) is 9.23 Å². The normalized spacial score (nSPS) is 18.8. The molecule has 1 fully saturated rings. The van der Waals surface area contributed by atoms with Crippen LogP contribution in [0, 0.1) is 23.5 Å². The molecule has 0 aromatic heterocycles. The van der Waals surface area contributed by atoms with Crippen LogP contribution in [-0.4, -0.2) is 6.61 Å². The fourth-order valence-electron chi connectivity index (χ4n) is 4.85. The van der Waals surface area contributed by atoms with Gasteiger partial charge in [-0.05, 0) is 54.4 Å². The first-order valence-corrected chi connectivity index (χ1v) is 12.3. The average molecular weight is 429 g/mol. The predicted molar refractivity (Wildman–Crippen MR) is 125 cm³/mol. The van der Waals surface area contributed by atoms with Gasteiger partial charge in [0.15, 0.2) is 11.6 Å². The number of hydrogen-bond donors (Lipinski definition) is 0. The number of hydrogen-bond acceptors (Lipinski definition) is 1. The number of unbranched alkanes of at least 4 members (excludes halogenated alkanes) is 2. The Morgan fingerprint density at radius 2 is 1.45 bits per heavy atom. The zero-order valence-corrected chi connectivity index (χ0v) is 19.3. The first-order chi connectivity index (χ1) is 15.1. The molecule has 0 unspecified atom stereocenters. The maximum absolute atomic E-state index is 14.8. The first kappa shape index (κ1) is 23.8. The van der Waals surface area contributed by atoms with Gasteiger partial charge in [-0.25, -0.2) is 8.78 Å². The molecule has 0 saturated heterocycles. The van der Waals surface area contributed by atoms with Crippen molar-refractivity contribution in [1.82, 2.24) is 0 Å². The minimum atomic E-state index is -0.735. The van der Waals surface area contributed by atoms with Gasteiger partial charge in [0.05, 0.1) is 6.61 Å². The van der Waals surface area contributed by atoms with Gasteiger partial charge in [-0.15, -0.1) is 0 Å². The molecule has 1 saturated carbocycles. The monoisotopic (exact) mass is 428 g/mol. The average Bonchev–Trinajstić information content (AvgIpc) is 2.79. The summed E-state index contributed by atoms with van der Waals surface area (Å²) in [6.07, 6.45) is 12.6. The molecule has 3 heteroatoms. The van der Waals surface area contributed by atoms with Crippen molar-refractivity contribution >= 4 is 0 Å². The van der Waals surface area contributed by atoms with Gasteiger partial charge in [-0.1, -0.05) is 89.5 Å². The summed E-state index contributed by atoms with van der Waals surface area (Å²) >= 11 is 0. The van der Waals surface area contributed by atoms with E-state index in [1.54, 1.807) is 24.3 Å². The number of rotatable bonds is 11. The van der Waals surface area contributed by atoms with E-state index in [4.69, 9.17) is 4.74 Å². The van der Waals surface area contributed by atoms with Crippen LogP contribution in [0.2, 0.25) is 0 Å². The van der Waals surface area contributed by atoms with Crippen LogP contribution in [-0.2, 0) is 6.42 Å². The van der Waals surface area contributed by atoms with E-state index in [-0.39, 0.29) is 0 Å². The van der Waals surface area contributed by atoms with Crippen LogP contribution in [0.5, 0.6) is 5.75 Å². The van der Waals surface area contributed by atoms with E-state index < -0.39 is 11.6 Å². The minimum Gasteiger partial charge on any atom is -0.494 e. The number of ether oxygens (including phenoxy) is 1. The van der Waals surface area contributed by atoms with Gasteiger partial charge in [0.2, 0.25) is 0 Å². The minimum absolute atomic E-state index is 0.318. The van der Waals surface area contributed by atoms with Crippen molar-refractivity contribution in [2.24, 2.45) is 11.8 Å². The third-order valence-electron chi connectivity index (χ3n) is 6.83. The molecule has 0 N–H and O–H groups in total. The van der Waals surface area contributed by atoms with Crippen molar-refractivity contribution in [2.45, 2.75) is 84.5 Å². The highest BCUT2D eigenvalue weighted by Gasteiger charge is 2.21. The summed E-state index contributed by atoms with van der Waals surface area (Å²) in [6.45, 7) is 5.10. The Kier molecular flexibility index (Phi) is 9.36. The lowest BCUT2D eigenvalue weighted by Gasteiger charge is -2.28. The molecule has 1 nitrogen and oxygen atoms in total. The fraction of sp³-hybridized carbons (Fsp3) is 0.571. The molecule has 2 aromatic carbocycles. The van der Waals surface area contributed by atoms with E-state index in [2.05, 4.69) is 13.8 Å². The second-order valence-corrected chi connectivity index (χ2v) is 9.19. The molecule has 170 valence electrons. The molecule has 0 atom stereocenters. The van der Waals surface area contributed by atoms with Crippen molar-refractivity contribution in [2.75, 3.05) is 6.61 Å². The number of halogens is 2. The molecule has 0 heterocycles. The molecule has 0 spiro atoms. The number of aryl methyl sites for hydroxylation is 1. The molecular weight excluding hydrogens is 390 g/mol. The highest BCUT2D eigenvalue weighted by Crippen LogP contribution is 2.35. The Hall–Kier alpha value is -1.90. The SMILES string of the molecule is CCCCCOc1ccc(-c2ccc(CCC3CCC(CCC)CC3)c(F)c2F)cc1. The van der Waals surface area contributed by atoms with E-state index in [9.17, 15) is 8.78 Å². The standard InChI is InChI=1S/C28H38F2O/c1-3-5-6-20-31-25-17-14-23(15-18-25)26-19-16-24(27(29)28(26)30)13-12-22-10-8-21(7-4-2)9-11-22/h14-19,21-22H,3-13,20H2,1-2H3. The number of benzene rings is 2. The molecule has 0 radical (unpaired) electrons. The van der Waals surface area contributed by atoms with Gasteiger partial charge in [0.1, 0.15) is 5.75 Å². The molecular formula is C28H38F2O. The van der Waals surface area contributed by atoms with Gasteiger partial charge >= 0.3 is 0 Å². The molecule has 0 aliphatic heterocycles. The Morgan fingerprint density at radius 3 is 2.10 bits per heavy atom. The van der Waals surface area contributed by atoms with Gasteiger partial charge in [0, 0.05) is 5.56 Å². The Labute approximate surface area is 187 Å². The second kappa shape index (κ2) is 12.2. The molecule has 2 aromatic rings. The van der Waals surface area contributed by atoms with Crippen molar-refractivity contribution in [3.8, 4) is 16.9 Å². The van der Waals surface area contributed by atoms with Gasteiger partial charge in [-0.2, -0.15) is 0 Å². The quantitative estimate of drug-likeness (QED) is 0.325. The van der Waals surface area contributed by atoms with Crippen LogP contribution in [0.4, 0.5) is 8.78 Å². The summed E-state index contributed by atoms with van der Waals surface area (Å²) in [5.41, 5.74) is 1.50. The maximum Gasteiger partial charge on any atom is 0.166 e. The molecule has 31 heavy (non-hydrogen) atoms. The smallest absolute Gasteiger partial charge is 0.166 e. The van der Waals surface area contributed by atoms with Crippen LogP contribution in [0.15, 0.2) is 36.4 Å². The van der Waals surface area contributed by atoms with Gasteiger partial charge in [0.25, 0.3) is 0 Å². The molecule has 1 aliphatic rings. The van der Waals surface area contributed by atoms with E-state index >= 15 is 0 Å². The van der Waals surface area contributed by atoms with Crippen LogP contribution in [0.3, 0.4) is 0 Å². The molecule has 0 amide bonds. The van der Waals surface area contributed by atoms with Crippen LogP contribution < -0.4 is 4.74 Å². The van der Waals surface area contributed by atoms with Crippen molar-refractivity contribution < 1.29 is 13.5 Å². The molecule has 0 bridgehead atoms.